The molecular weight excluding hydrogens is 325 g/mol. The van der Waals surface area contributed by atoms with Gasteiger partial charge in [0.05, 0.1) is 35.1 Å². The van der Waals surface area contributed by atoms with Crippen molar-refractivity contribution in [1.82, 2.24) is 19.7 Å². The van der Waals surface area contributed by atoms with E-state index >= 15 is 0 Å². The predicted octanol–water partition coefficient (Wildman–Crippen LogP) is 1.79. The third kappa shape index (κ3) is 3.23. The fourth-order valence-corrected chi connectivity index (χ4v) is 2.48. The Morgan fingerprint density at radius 1 is 1.45 bits per heavy atom. The van der Waals surface area contributed by atoms with E-state index in [-0.39, 0.29) is 0 Å². The predicted molar refractivity (Wildman–Crippen MR) is 78.7 cm³/mol. The standard InChI is InChI=1S/C13H17BrFN5/c1-19(2)5-6-20-13(10(14)7-18-20)12(16)9-3-4-17-8-11(9)15/h3-4,7-8,12H,5-6,16H2,1-2H3. The van der Waals surface area contributed by atoms with E-state index in [9.17, 15) is 4.39 Å². The summed E-state index contributed by atoms with van der Waals surface area (Å²) in [6, 6.07) is 1.01. The van der Waals surface area contributed by atoms with E-state index in [4.69, 9.17) is 5.73 Å². The van der Waals surface area contributed by atoms with Crippen molar-refractivity contribution in [2.45, 2.75) is 12.6 Å². The Balaban J connectivity index is 2.32. The minimum atomic E-state index is -0.586. The lowest BCUT2D eigenvalue weighted by Crippen LogP contribution is -2.24. The number of likely N-dealkylation sites (N-methyl/N-ethyl adjacent to an activating group) is 1. The molecule has 0 fully saturated rings. The van der Waals surface area contributed by atoms with Crippen molar-refractivity contribution in [2.75, 3.05) is 20.6 Å². The molecule has 0 bridgehead atoms. The summed E-state index contributed by atoms with van der Waals surface area (Å²) in [5.41, 5.74) is 7.37. The van der Waals surface area contributed by atoms with Crippen LogP contribution in [0.5, 0.6) is 0 Å². The lowest BCUT2D eigenvalue weighted by atomic mass is 10.1. The molecule has 2 heterocycles. The van der Waals surface area contributed by atoms with Crippen molar-refractivity contribution in [1.29, 1.82) is 0 Å². The van der Waals surface area contributed by atoms with Gasteiger partial charge in [-0.25, -0.2) is 4.39 Å². The van der Waals surface area contributed by atoms with Crippen molar-refractivity contribution in [2.24, 2.45) is 5.73 Å². The molecular formula is C13H17BrFN5. The fraction of sp³-hybridized carbons (Fsp3) is 0.385. The third-order valence-electron chi connectivity index (χ3n) is 3.03. The van der Waals surface area contributed by atoms with E-state index in [1.807, 2.05) is 14.1 Å². The number of aromatic nitrogens is 3. The van der Waals surface area contributed by atoms with Gasteiger partial charge in [-0.3, -0.25) is 9.67 Å². The zero-order valence-corrected chi connectivity index (χ0v) is 13.0. The summed E-state index contributed by atoms with van der Waals surface area (Å²) in [6.45, 7) is 1.51. The number of pyridine rings is 1. The molecule has 2 N–H and O–H groups in total. The van der Waals surface area contributed by atoms with E-state index in [1.165, 1.54) is 12.4 Å². The summed E-state index contributed by atoms with van der Waals surface area (Å²) in [4.78, 5) is 5.80. The Morgan fingerprint density at radius 3 is 2.85 bits per heavy atom. The number of nitrogens with zero attached hydrogens (tertiary/aromatic N) is 4. The summed E-state index contributed by atoms with van der Waals surface area (Å²) < 4.78 is 16.4. The Hall–Kier alpha value is -1.31. The number of hydrogen-bond donors (Lipinski definition) is 1. The first kappa shape index (κ1) is 15.1. The van der Waals surface area contributed by atoms with Crippen LogP contribution in [0, 0.1) is 5.82 Å². The highest BCUT2D eigenvalue weighted by molar-refractivity contribution is 9.10. The van der Waals surface area contributed by atoms with Crippen molar-refractivity contribution >= 4 is 15.9 Å². The largest absolute Gasteiger partial charge is 0.319 e. The maximum absolute atomic E-state index is 13.8. The molecule has 0 aromatic carbocycles. The summed E-state index contributed by atoms with van der Waals surface area (Å²) in [5.74, 6) is -0.410. The highest BCUT2D eigenvalue weighted by Gasteiger charge is 2.21. The van der Waals surface area contributed by atoms with E-state index in [2.05, 4.69) is 30.9 Å². The van der Waals surface area contributed by atoms with Gasteiger partial charge in [-0.05, 0) is 36.1 Å². The van der Waals surface area contributed by atoms with Crippen LogP contribution in [0.2, 0.25) is 0 Å². The molecule has 108 valence electrons. The van der Waals surface area contributed by atoms with Crippen molar-refractivity contribution in [3.8, 4) is 0 Å². The molecule has 2 aromatic heterocycles. The lowest BCUT2D eigenvalue weighted by Gasteiger charge is -2.17. The average molecular weight is 342 g/mol. The van der Waals surface area contributed by atoms with Crippen LogP contribution < -0.4 is 5.73 Å². The average Bonchev–Trinajstić information content (AvgIpc) is 2.77. The third-order valence-corrected chi connectivity index (χ3v) is 3.64. The minimum Gasteiger partial charge on any atom is -0.319 e. The van der Waals surface area contributed by atoms with Gasteiger partial charge < -0.3 is 10.6 Å². The molecule has 0 amide bonds. The van der Waals surface area contributed by atoms with Crippen LogP contribution in [0.3, 0.4) is 0 Å². The molecule has 0 aliphatic carbocycles. The van der Waals surface area contributed by atoms with Gasteiger partial charge in [-0.1, -0.05) is 0 Å². The number of nitrogens with two attached hydrogens (primary N) is 1. The quantitative estimate of drug-likeness (QED) is 0.900. The molecule has 0 spiro atoms. The fourth-order valence-electron chi connectivity index (χ4n) is 1.94. The van der Waals surface area contributed by atoms with Crippen molar-refractivity contribution < 1.29 is 4.39 Å². The van der Waals surface area contributed by atoms with Crippen LogP contribution in [0.15, 0.2) is 29.1 Å². The van der Waals surface area contributed by atoms with Gasteiger partial charge in [-0.2, -0.15) is 5.10 Å². The van der Waals surface area contributed by atoms with Gasteiger partial charge in [0.2, 0.25) is 0 Å². The molecule has 2 aromatic rings. The molecule has 1 atom stereocenters. The minimum absolute atomic E-state index is 0.410. The molecule has 0 aliphatic heterocycles. The van der Waals surface area contributed by atoms with Crippen LogP contribution in [0.1, 0.15) is 17.3 Å². The Morgan fingerprint density at radius 2 is 2.20 bits per heavy atom. The molecule has 1 unspecified atom stereocenters. The molecule has 2 rings (SSSR count). The van der Waals surface area contributed by atoms with Crippen molar-refractivity contribution in [3.05, 3.63) is 46.2 Å². The summed E-state index contributed by atoms with van der Waals surface area (Å²) in [7, 11) is 3.97. The Labute approximate surface area is 125 Å². The maximum atomic E-state index is 13.8. The van der Waals surface area contributed by atoms with Gasteiger partial charge in [0.1, 0.15) is 5.82 Å². The summed E-state index contributed by atoms with van der Waals surface area (Å²) >= 11 is 3.43. The smallest absolute Gasteiger partial charge is 0.146 e. The molecule has 0 aliphatic rings. The second kappa shape index (κ2) is 6.43. The Bertz CT molecular complexity index is 584. The first-order valence-corrected chi connectivity index (χ1v) is 7.01. The van der Waals surface area contributed by atoms with Gasteiger partial charge in [0, 0.05) is 18.3 Å². The topological polar surface area (TPSA) is 60.0 Å². The maximum Gasteiger partial charge on any atom is 0.146 e. The first-order valence-electron chi connectivity index (χ1n) is 6.21. The van der Waals surface area contributed by atoms with Crippen LogP contribution in [0.4, 0.5) is 4.39 Å². The van der Waals surface area contributed by atoms with E-state index in [0.29, 0.717) is 12.1 Å². The SMILES string of the molecule is CN(C)CCn1ncc(Br)c1C(N)c1ccncc1F. The van der Waals surface area contributed by atoms with Gasteiger partial charge in [0.15, 0.2) is 0 Å². The van der Waals surface area contributed by atoms with E-state index in [1.54, 1.807) is 16.9 Å². The highest BCUT2D eigenvalue weighted by atomic mass is 79.9. The second-order valence-corrected chi connectivity index (χ2v) is 5.63. The normalized spacial score (nSPS) is 12.9. The molecule has 7 heteroatoms. The molecule has 0 saturated carbocycles. The van der Waals surface area contributed by atoms with Crippen LogP contribution in [-0.4, -0.2) is 40.3 Å². The zero-order chi connectivity index (χ0) is 14.7. The van der Waals surface area contributed by atoms with Crippen molar-refractivity contribution in [3.63, 3.8) is 0 Å². The summed E-state index contributed by atoms with van der Waals surface area (Å²) in [6.07, 6.45) is 4.39. The van der Waals surface area contributed by atoms with E-state index in [0.717, 1.165) is 16.7 Å². The molecule has 0 saturated heterocycles. The highest BCUT2D eigenvalue weighted by Crippen LogP contribution is 2.27. The van der Waals surface area contributed by atoms with Crippen LogP contribution >= 0.6 is 15.9 Å². The van der Waals surface area contributed by atoms with Gasteiger partial charge in [-0.15, -0.1) is 0 Å². The monoisotopic (exact) mass is 341 g/mol. The number of hydrogen-bond acceptors (Lipinski definition) is 4. The molecule has 5 nitrogen and oxygen atoms in total. The molecule has 20 heavy (non-hydrogen) atoms. The van der Waals surface area contributed by atoms with Crippen LogP contribution in [-0.2, 0) is 6.54 Å². The summed E-state index contributed by atoms with van der Waals surface area (Å²) in [5, 5.41) is 4.29. The lowest BCUT2D eigenvalue weighted by molar-refractivity contribution is 0.367. The van der Waals surface area contributed by atoms with Crippen LogP contribution in [0.25, 0.3) is 0 Å². The van der Waals surface area contributed by atoms with Gasteiger partial charge in [0.25, 0.3) is 0 Å². The first-order chi connectivity index (χ1) is 9.50. The molecule has 0 radical (unpaired) electrons. The van der Waals surface area contributed by atoms with Gasteiger partial charge >= 0.3 is 0 Å². The zero-order valence-electron chi connectivity index (χ0n) is 11.4. The Kier molecular flexibility index (Phi) is 4.85. The number of rotatable bonds is 5. The number of halogens is 2. The second-order valence-electron chi connectivity index (χ2n) is 4.78. The van der Waals surface area contributed by atoms with E-state index < -0.39 is 11.9 Å².